The van der Waals surface area contributed by atoms with E-state index in [0.717, 1.165) is 66.1 Å². The van der Waals surface area contributed by atoms with Gasteiger partial charge < -0.3 is 45.7 Å². The third-order valence-corrected chi connectivity index (χ3v) is 38.3. The van der Waals surface area contributed by atoms with Crippen molar-refractivity contribution in [3.63, 3.8) is 0 Å². The summed E-state index contributed by atoms with van der Waals surface area (Å²) in [7, 11) is -3.27. The number of fused-ring (bicyclic) bond motifs is 36. The zero-order valence-electron chi connectivity index (χ0n) is 64.5. The van der Waals surface area contributed by atoms with Crippen LogP contribution >= 0.6 is 13.2 Å². The molecule has 9 aliphatic rings. The number of nitrogens with zero attached hydrogens (tertiary/aromatic N) is 9. The summed E-state index contributed by atoms with van der Waals surface area (Å²) in [5, 5.41) is 30.0. The molecule has 0 saturated carbocycles. The Kier molecular flexibility index (Phi) is 9.99. The molecule has 18 aromatic carbocycles. The zero-order chi connectivity index (χ0) is 78.1. The van der Waals surface area contributed by atoms with Crippen LogP contribution in [-0.2, 0) is 16.4 Å². The van der Waals surface area contributed by atoms with Crippen LogP contribution in [0.5, 0.6) is 0 Å². The molecular formula is C108H54BN9OP2S. The highest BCUT2D eigenvalue weighted by atomic mass is 32.4. The van der Waals surface area contributed by atoms with E-state index in [1.54, 1.807) is 0 Å². The highest BCUT2D eigenvalue weighted by molar-refractivity contribution is 8.26. The normalized spacial score (nSPS) is 14.7. The summed E-state index contributed by atoms with van der Waals surface area (Å²) < 4.78 is 39.1. The summed E-state index contributed by atoms with van der Waals surface area (Å²) >= 11 is 7.27. The Balaban J connectivity index is 0.0000000844. The molecule has 0 N–H and O–H groups in total. The highest BCUT2D eigenvalue weighted by Crippen LogP contribution is 2.64. The monoisotopic (exact) mass is 1600 g/mol. The molecule has 0 saturated heterocycles. The fourth-order valence-electron chi connectivity index (χ4n) is 26.1. The lowest BCUT2D eigenvalue weighted by molar-refractivity contribution is 0.592. The molecule has 0 fully saturated rings. The number of hydrogen-bond acceptors (Lipinski definition) is 2. The van der Waals surface area contributed by atoms with Gasteiger partial charge >= 0.3 is 0 Å². The molecular weight excluding hydrogens is 1540 g/mol. The van der Waals surface area contributed by atoms with E-state index >= 15 is 4.57 Å². The first kappa shape index (κ1) is 61.4. The SMILES string of the molecule is O=P12c3c4ccc5c6ccccc6n(c35)-c3ccc5c6ccccc6n(c5c31)-c1ccc3c5ccccc5n-4c3c12.S=P12c3c4ccc5c6ccccc6n(c35)-c3ccc5c6ccccc6n(c5c31)-c1ccc3c5ccccc5n-4c3c12.c1ccc2c(c1)c1ccc3c4c1n2-c1ccc2c5ccccc5n5c2c1B4c1c-5ccc2c4ccccc4n-3c12. The second kappa shape index (κ2) is 19.8. The minimum Gasteiger partial charge on any atom is -0.310 e. The van der Waals surface area contributed by atoms with Crippen LogP contribution < -0.4 is 48.2 Å². The minimum absolute atomic E-state index is 0.196. The van der Waals surface area contributed by atoms with Crippen LogP contribution in [-0.4, -0.2) is 47.8 Å². The van der Waals surface area contributed by atoms with Crippen molar-refractivity contribution >= 4 is 276 Å². The summed E-state index contributed by atoms with van der Waals surface area (Å²) in [4.78, 5) is 0. The maximum atomic E-state index is 16.6. The second-order valence-electron chi connectivity index (χ2n) is 35.0. The molecule has 27 aromatic rings. The summed E-state index contributed by atoms with van der Waals surface area (Å²) in [5.41, 5.74) is 37.6. The van der Waals surface area contributed by atoms with Crippen molar-refractivity contribution < 1.29 is 4.57 Å². The van der Waals surface area contributed by atoms with E-state index in [4.69, 9.17) is 11.8 Å². The molecule has 0 bridgehead atoms. The van der Waals surface area contributed by atoms with Gasteiger partial charge in [0, 0.05) is 130 Å². The van der Waals surface area contributed by atoms with E-state index in [1.807, 2.05) is 0 Å². The molecule has 122 heavy (non-hydrogen) atoms. The standard InChI is InChI=1S/C36H18BN3.C36H18N3OP.C36H18N3PS/c1-4-10-25-19(7-1)22-13-16-29-31-34(22)38(25)28-17-14-23-20-8-3-6-12-27(20)40-30-18-15-24-21-9-2-5-11-26(21)39(29)36(24)33(30)37(31)32(28)35(23)40;40-41-34-29-16-13-22-19-7-1-4-10-25(19)37(31(22)34)28-17-14-23-20-8-3-6-12-27(20)39(32(23)35(28)41)30-18-15-24-21-9-2-5-11-26(21)38(29)33(24)36(30)41;41-40-34-29-16-13-22-19-7-1-4-10-25(19)37(31(22)34)28-17-14-23-20-8-3-6-12-27(20)39(32(23)35(28)40)30-18-15-24-21-9-2-5-11-26(21)38(29)33(24)36(30)40/h1-18H;2*1-18H. The molecule has 14 heteroatoms. The van der Waals surface area contributed by atoms with Gasteiger partial charge in [-0.2, -0.15) is 0 Å². The minimum atomic E-state index is -3.27. The molecule has 0 amide bonds. The molecule has 9 aromatic heterocycles. The van der Waals surface area contributed by atoms with Gasteiger partial charge in [-0.1, -0.05) is 230 Å². The van der Waals surface area contributed by atoms with E-state index in [1.165, 1.54) is 230 Å². The quantitative estimate of drug-likeness (QED) is 0.112. The van der Waals surface area contributed by atoms with Gasteiger partial charge in [0.2, 0.25) is 0 Å². The predicted molar refractivity (Wildman–Crippen MR) is 513 cm³/mol. The maximum Gasteiger partial charge on any atom is 0.257 e. The first-order valence-electron chi connectivity index (χ1n) is 42.3. The molecule has 0 atom stereocenters. The van der Waals surface area contributed by atoms with Crippen molar-refractivity contribution in [1.82, 2.24) is 41.1 Å². The number of para-hydroxylation sites is 9. The van der Waals surface area contributed by atoms with Crippen LogP contribution in [0.3, 0.4) is 0 Å². The van der Waals surface area contributed by atoms with Gasteiger partial charge in [0.1, 0.15) is 0 Å². The van der Waals surface area contributed by atoms with Crippen LogP contribution in [0.4, 0.5) is 0 Å². The molecule has 0 aliphatic carbocycles. The Hall–Kier alpha value is -14.9. The second-order valence-corrected chi connectivity index (χ2v) is 41.7. The molecule has 0 radical (unpaired) electrons. The van der Waals surface area contributed by atoms with E-state index < -0.39 is 13.2 Å². The van der Waals surface area contributed by atoms with E-state index in [2.05, 4.69) is 369 Å². The summed E-state index contributed by atoms with van der Waals surface area (Å²) in [6.45, 7) is 0.196. The van der Waals surface area contributed by atoms with Crippen molar-refractivity contribution in [2.24, 2.45) is 0 Å². The maximum absolute atomic E-state index is 16.6. The highest BCUT2D eigenvalue weighted by Gasteiger charge is 2.54. The topological polar surface area (TPSA) is 61.4 Å². The van der Waals surface area contributed by atoms with Crippen LogP contribution in [0.2, 0.25) is 0 Å². The third-order valence-electron chi connectivity index (χ3n) is 30.2. The smallest absolute Gasteiger partial charge is 0.257 e. The van der Waals surface area contributed by atoms with Gasteiger partial charge in [0.15, 0.2) is 7.14 Å². The average Bonchev–Trinajstić information content (AvgIpc) is 1.41. The first-order valence-corrected chi connectivity index (χ1v) is 46.8. The van der Waals surface area contributed by atoms with Gasteiger partial charge in [-0.3, -0.25) is 0 Å². The van der Waals surface area contributed by atoms with Crippen LogP contribution in [0.25, 0.3) is 247 Å². The molecule has 18 heterocycles. The van der Waals surface area contributed by atoms with Crippen molar-refractivity contribution in [3.8, 4) is 51.2 Å². The first-order chi connectivity index (χ1) is 60.4. The third kappa shape index (κ3) is 6.19. The van der Waals surface area contributed by atoms with E-state index in [0.29, 0.717) is 0 Å². The Morgan fingerprint density at radius 2 is 0.328 bits per heavy atom. The lowest BCUT2D eigenvalue weighted by Gasteiger charge is -2.41. The Morgan fingerprint density at radius 1 is 0.172 bits per heavy atom. The molecule has 556 valence electrons. The van der Waals surface area contributed by atoms with Crippen LogP contribution in [0, 0.1) is 0 Å². The zero-order valence-corrected chi connectivity index (χ0v) is 67.1. The number of hydrogen-bond donors (Lipinski definition) is 0. The lowest BCUT2D eigenvalue weighted by Crippen LogP contribution is -2.62. The Bertz CT molecular complexity index is 8940. The number of aromatic nitrogens is 9. The fourth-order valence-corrected chi connectivity index (χ4v) is 35.2. The van der Waals surface area contributed by atoms with Crippen molar-refractivity contribution in [1.29, 1.82) is 0 Å². The molecule has 10 nitrogen and oxygen atoms in total. The molecule has 9 aliphatic heterocycles. The fraction of sp³-hybridized carbons (Fsp3) is 0. The number of rotatable bonds is 0. The Morgan fingerprint density at radius 3 is 0.533 bits per heavy atom. The van der Waals surface area contributed by atoms with Gasteiger partial charge in [0.05, 0.1) is 155 Å². The predicted octanol–water partition coefficient (Wildman–Crippen LogP) is 21.7. The van der Waals surface area contributed by atoms with Gasteiger partial charge in [-0.05, 0) is 126 Å². The van der Waals surface area contributed by atoms with Crippen LogP contribution in [0.15, 0.2) is 328 Å². The van der Waals surface area contributed by atoms with Crippen molar-refractivity contribution in [2.45, 2.75) is 0 Å². The number of benzene rings is 18. The molecule has 36 rings (SSSR count). The van der Waals surface area contributed by atoms with Gasteiger partial charge in [-0.25, -0.2) is 0 Å². The van der Waals surface area contributed by atoms with E-state index in [9.17, 15) is 0 Å². The average molecular weight is 1600 g/mol. The van der Waals surface area contributed by atoms with Crippen molar-refractivity contribution in [3.05, 3.63) is 328 Å². The van der Waals surface area contributed by atoms with Gasteiger partial charge in [0.25, 0.3) is 6.71 Å². The summed E-state index contributed by atoms with van der Waals surface area (Å²) in [6.07, 6.45) is 0. The Labute approximate surface area is 695 Å². The molecule has 0 spiro atoms. The van der Waals surface area contributed by atoms with E-state index in [-0.39, 0.29) is 6.71 Å². The lowest BCUT2D eigenvalue weighted by atomic mass is 9.33. The summed E-state index contributed by atoms with van der Waals surface area (Å²) in [5.74, 6) is 0. The molecule has 0 unspecified atom stereocenters. The van der Waals surface area contributed by atoms with Crippen LogP contribution in [0.1, 0.15) is 0 Å². The summed E-state index contributed by atoms with van der Waals surface area (Å²) in [6, 6.07) is 119. The van der Waals surface area contributed by atoms with Gasteiger partial charge in [-0.15, -0.1) is 0 Å². The largest absolute Gasteiger partial charge is 0.310 e. The van der Waals surface area contributed by atoms with Crippen molar-refractivity contribution in [2.75, 3.05) is 0 Å².